The Bertz CT molecular complexity index is 285. The van der Waals surface area contributed by atoms with Crippen molar-refractivity contribution in [1.29, 1.82) is 0 Å². The van der Waals surface area contributed by atoms with Gasteiger partial charge < -0.3 is 9.47 Å². The van der Waals surface area contributed by atoms with Crippen LogP contribution in [0, 0.1) is 35.5 Å². The van der Waals surface area contributed by atoms with E-state index in [9.17, 15) is 0 Å². The average molecular weight is 192 g/mol. The predicted octanol–water partition coefficient (Wildman–Crippen LogP) is 1.65. The van der Waals surface area contributed by atoms with Gasteiger partial charge in [-0.3, -0.25) is 0 Å². The molecule has 5 saturated carbocycles. The quantitative estimate of drug-likeness (QED) is 0.581. The lowest BCUT2D eigenvalue weighted by molar-refractivity contribution is -0.252. The van der Waals surface area contributed by atoms with Crippen molar-refractivity contribution >= 4 is 0 Å². The van der Waals surface area contributed by atoms with Gasteiger partial charge in [0.05, 0.1) is 13.2 Å². The van der Waals surface area contributed by atoms with Crippen molar-refractivity contribution in [2.45, 2.75) is 25.0 Å². The average Bonchev–Trinajstić information content (AvgIpc) is 2.70. The Morgan fingerprint density at radius 2 is 1.50 bits per heavy atom. The molecule has 5 aliphatic carbocycles. The second-order valence-electron chi connectivity index (χ2n) is 6.02. The first-order chi connectivity index (χ1) is 6.90. The standard InChI is InChI=1S/C12H16O2/c1-2-14-12(13-1)8-4-6-3-7-10(8)11(7)9(12)5-6/h6-11H,1-5H2. The highest BCUT2D eigenvalue weighted by Gasteiger charge is 2.79. The zero-order valence-corrected chi connectivity index (χ0v) is 8.32. The molecule has 1 saturated heterocycles. The van der Waals surface area contributed by atoms with Crippen molar-refractivity contribution in [1.82, 2.24) is 0 Å². The van der Waals surface area contributed by atoms with E-state index in [2.05, 4.69) is 0 Å². The lowest BCUT2D eigenvalue weighted by atomic mass is 9.64. The summed E-state index contributed by atoms with van der Waals surface area (Å²) in [6, 6.07) is 0. The van der Waals surface area contributed by atoms with Gasteiger partial charge in [0, 0.05) is 11.8 Å². The SMILES string of the molecule is C1COC2(O1)C1CC3CC4C1C4C2C3. The molecule has 4 atom stereocenters. The molecule has 6 aliphatic rings. The maximum atomic E-state index is 6.02. The lowest BCUT2D eigenvalue weighted by Crippen LogP contribution is -2.51. The van der Waals surface area contributed by atoms with Crippen LogP contribution in [0.5, 0.6) is 0 Å². The first kappa shape index (κ1) is 7.24. The van der Waals surface area contributed by atoms with E-state index in [1.165, 1.54) is 12.8 Å². The molecule has 6 fully saturated rings. The van der Waals surface area contributed by atoms with E-state index in [1.807, 2.05) is 0 Å². The molecule has 2 heteroatoms. The van der Waals surface area contributed by atoms with E-state index in [1.54, 1.807) is 6.42 Å². The van der Waals surface area contributed by atoms with Crippen LogP contribution >= 0.6 is 0 Å². The van der Waals surface area contributed by atoms with E-state index in [0.717, 1.165) is 48.7 Å². The Morgan fingerprint density at radius 3 is 2.14 bits per heavy atom. The van der Waals surface area contributed by atoms with Gasteiger partial charge in [-0.2, -0.15) is 0 Å². The summed E-state index contributed by atoms with van der Waals surface area (Å²) in [7, 11) is 0. The molecule has 1 heterocycles. The minimum absolute atomic E-state index is 0.0667. The maximum Gasteiger partial charge on any atom is 0.174 e. The van der Waals surface area contributed by atoms with Gasteiger partial charge in [-0.25, -0.2) is 0 Å². The third kappa shape index (κ3) is 0.548. The van der Waals surface area contributed by atoms with Crippen LogP contribution in [0.2, 0.25) is 0 Å². The molecule has 76 valence electrons. The monoisotopic (exact) mass is 192 g/mol. The minimum atomic E-state index is -0.0667. The molecule has 0 amide bonds. The summed E-state index contributed by atoms with van der Waals surface area (Å²) >= 11 is 0. The largest absolute Gasteiger partial charge is 0.347 e. The van der Waals surface area contributed by atoms with Gasteiger partial charge in [-0.05, 0) is 42.9 Å². The smallest absolute Gasteiger partial charge is 0.174 e. The van der Waals surface area contributed by atoms with Crippen molar-refractivity contribution in [3.05, 3.63) is 0 Å². The van der Waals surface area contributed by atoms with Crippen LogP contribution in [0.1, 0.15) is 19.3 Å². The van der Waals surface area contributed by atoms with Crippen LogP contribution in [0.25, 0.3) is 0 Å². The van der Waals surface area contributed by atoms with Crippen molar-refractivity contribution in [2.75, 3.05) is 13.2 Å². The molecule has 0 N–H and O–H groups in total. The topological polar surface area (TPSA) is 18.5 Å². The van der Waals surface area contributed by atoms with Gasteiger partial charge in [-0.1, -0.05) is 0 Å². The van der Waals surface area contributed by atoms with Gasteiger partial charge in [0.25, 0.3) is 0 Å². The van der Waals surface area contributed by atoms with Crippen molar-refractivity contribution in [3.63, 3.8) is 0 Å². The number of hydrogen-bond acceptors (Lipinski definition) is 2. The summed E-state index contributed by atoms with van der Waals surface area (Å²) in [5.74, 6) is 5.66. The van der Waals surface area contributed by atoms with Crippen LogP contribution < -0.4 is 0 Å². The molecular weight excluding hydrogens is 176 g/mol. The van der Waals surface area contributed by atoms with Crippen LogP contribution in [0.3, 0.4) is 0 Å². The summed E-state index contributed by atoms with van der Waals surface area (Å²) in [4.78, 5) is 0. The first-order valence-corrected chi connectivity index (χ1v) is 6.18. The van der Waals surface area contributed by atoms with E-state index in [0.29, 0.717) is 0 Å². The Labute approximate surface area is 84.0 Å². The summed E-state index contributed by atoms with van der Waals surface area (Å²) in [6.45, 7) is 1.70. The summed E-state index contributed by atoms with van der Waals surface area (Å²) in [5.41, 5.74) is 0. The fraction of sp³-hybridized carbons (Fsp3) is 1.00. The highest BCUT2D eigenvalue weighted by atomic mass is 16.7. The predicted molar refractivity (Wildman–Crippen MR) is 49.4 cm³/mol. The number of hydrogen-bond donors (Lipinski definition) is 0. The van der Waals surface area contributed by atoms with Crippen molar-refractivity contribution < 1.29 is 9.47 Å². The van der Waals surface area contributed by atoms with E-state index in [4.69, 9.17) is 9.47 Å². The highest BCUT2D eigenvalue weighted by Crippen LogP contribution is 2.78. The Kier molecular flexibility index (Phi) is 0.992. The molecule has 1 aliphatic heterocycles. The summed E-state index contributed by atoms with van der Waals surface area (Å²) < 4.78 is 12.0. The molecule has 0 radical (unpaired) electrons. The molecule has 2 nitrogen and oxygen atoms in total. The molecule has 1 spiro atoms. The third-order valence-electron chi connectivity index (χ3n) is 5.77. The molecule has 6 rings (SSSR count). The Morgan fingerprint density at radius 1 is 0.857 bits per heavy atom. The fourth-order valence-corrected chi connectivity index (χ4v) is 5.59. The molecule has 4 unspecified atom stereocenters. The molecular formula is C12H16O2. The number of ether oxygens (including phenoxy) is 2. The molecule has 0 aromatic rings. The molecule has 14 heavy (non-hydrogen) atoms. The normalized spacial score (nSPS) is 65.1. The zero-order chi connectivity index (χ0) is 8.91. The molecule has 0 aromatic heterocycles. The van der Waals surface area contributed by atoms with Gasteiger partial charge in [0.2, 0.25) is 0 Å². The van der Waals surface area contributed by atoms with E-state index >= 15 is 0 Å². The lowest BCUT2D eigenvalue weighted by Gasteiger charge is -2.49. The third-order valence-corrected chi connectivity index (χ3v) is 5.77. The Hall–Kier alpha value is -0.0800. The fourth-order valence-electron chi connectivity index (χ4n) is 5.59. The van der Waals surface area contributed by atoms with Crippen LogP contribution in [0.4, 0.5) is 0 Å². The molecule has 4 bridgehead atoms. The van der Waals surface area contributed by atoms with E-state index in [-0.39, 0.29) is 5.79 Å². The number of rotatable bonds is 0. The summed E-state index contributed by atoms with van der Waals surface area (Å²) in [6.07, 6.45) is 4.36. The Balaban J connectivity index is 1.66. The van der Waals surface area contributed by atoms with Gasteiger partial charge in [0.15, 0.2) is 5.79 Å². The van der Waals surface area contributed by atoms with Crippen molar-refractivity contribution in [2.24, 2.45) is 35.5 Å². The van der Waals surface area contributed by atoms with Crippen LogP contribution in [0.15, 0.2) is 0 Å². The first-order valence-electron chi connectivity index (χ1n) is 6.18. The second-order valence-corrected chi connectivity index (χ2v) is 6.02. The second kappa shape index (κ2) is 1.92. The van der Waals surface area contributed by atoms with Crippen LogP contribution in [-0.4, -0.2) is 19.0 Å². The summed E-state index contributed by atoms with van der Waals surface area (Å²) in [5, 5.41) is 0. The van der Waals surface area contributed by atoms with Gasteiger partial charge >= 0.3 is 0 Å². The van der Waals surface area contributed by atoms with Gasteiger partial charge in [-0.15, -0.1) is 0 Å². The van der Waals surface area contributed by atoms with Crippen LogP contribution in [-0.2, 0) is 9.47 Å². The van der Waals surface area contributed by atoms with Gasteiger partial charge in [0.1, 0.15) is 0 Å². The van der Waals surface area contributed by atoms with Crippen molar-refractivity contribution in [3.8, 4) is 0 Å². The van der Waals surface area contributed by atoms with E-state index < -0.39 is 0 Å². The molecule has 0 aromatic carbocycles. The highest BCUT2D eigenvalue weighted by molar-refractivity contribution is 5.23. The maximum absolute atomic E-state index is 6.02. The minimum Gasteiger partial charge on any atom is -0.347 e. The zero-order valence-electron chi connectivity index (χ0n) is 8.32.